The van der Waals surface area contributed by atoms with Crippen LogP contribution in [-0.2, 0) is 11.3 Å². The average molecular weight is 291 g/mol. The Morgan fingerprint density at radius 2 is 2.25 bits per heavy atom. The fourth-order valence-electron chi connectivity index (χ4n) is 1.36. The molecule has 9 heteroatoms. The Morgan fingerprint density at radius 3 is 2.85 bits per heavy atom. The first kappa shape index (κ1) is 14.0. The number of anilines is 1. The number of nitrogens with two attached hydrogens (primary N) is 1. The number of nitrogens with one attached hydrogen (secondary N) is 1. The third-order valence-electron chi connectivity index (χ3n) is 2.37. The molecule has 0 saturated carbocycles. The van der Waals surface area contributed by atoms with E-state index in [-0.39, 0.29) is 18.4 Å². The molecule has 104 valence electrons. The first-order chi connectivity index (χ1) is 9.69. The van der Waals surface area contributed by atoms with Crippen LogP contribution in [0.2, 0.25) is 0 Å². The highest BCUT2D eigenvalue weighted by Crippen LogP contribution is 2.13. The minimum Gasteiger partial charge on any atom is -0.367 e. The smallest absolute Gasteiger partial charge is 0.261 e. The van der Waals surface area contributed by atoms with Crippen LogP contribution in [-0.4, -0.2) is 38.6 Å². The Labute approximate surface area is 119 Å². The highest BCUT2D eigenvalue weighted by molar-refractivity contribution is 7.98. The summed E-state index contributed by atoms with van der Waals surface area (Å²) in [4.78, 5) is 12.7. The SMILES string of the molecule is CSc1ccc(C=NNC(=O)Cn2nnnc2N)cc1. The topological polar surface area (TPSA) is 111 Å². The summed E-state index contributed by atoms with van der Waals surface area (Å²) in [5.74, 6) is -0.280. The molecule has 0 fully saturated rings. The number of aromatic nitrogens is 4. The predicted octanol–water partition coefficient (Wildman–Crippen LogP) is 0.127. The van der Waals surface area contributed by atoms with Crippen molar-refractivity contribution in [2.24, 2.45) is 5.10 Å². The van der Waals surface area contributed by atoms with Crippen LogP contribution in [0.1, 0.15) is 5.56 Å². The van der Waals surface area contributed by atoms with Crippen molar-refractivity contribution in [3.05, 3.63) is 29.8 Å². The number of hydrogen-bond donors (Lipinski definition) is 2. The van der Waals surface area contributed by atoms with E-state index in [1.807, 2.05) is 30.5 Å². The van der Waals surface area contributed by atoms with E-state index >= 15 is 0 Å². The second kappa shape index (κ2) is 6.66. The highest BCUT2D eigenvalue weighted by Gasteiger charge is 2.06. The third-order valence-corrected chi connectivity index (χ3v) is 3.12. The molecule has 20 heavy (non-hydrogen) atoms. The summed E-state index contributed by atoms with van der Waals surface area (Å²) < 4.78 is 1.18. The van der Waals surface area contributed by atoms with Crippen molar-refractivity contribution in [3.8, 4) is 0 Å². The first-order valence-electron chi connectivity index (χ1n) is 5.66. The number of tetrazole rings is 1. The van der Waals surface area contributed by atoms with Crippen LogP contribution in [0.5, 0.6) is 0 Å². The lowest BCUT2D eigenvalue weighted by Gasteiger charge is -2.00. The Hall–Kier alpha value is -2.42. The van der Waals surface area contributed by atoms with Crippen LogP contribution in [0.25, 0.3) is 0 Å². The molecule has 0 aliphatic heterocycles. The van der Waals surface area contributed by atoms with Crippen molar-refractivity contribution < 1.29 is 4.79 Å². The molecule has 0 spiro atoms. The van der Waals surface area contributed by atoms with Crippen molar-refractivity contribution in [1.82, 2.24) is 25.6 Å². The van der Waals surface area contributed by atoms with E-state index < -0.39 is 0 Å². The van der Waals surface area contributed by atoms with Gasteiger partial charge >= 0.3 is 0 Å². The van der Waals surface area contributed by atoms with Crippen LogP contribution < -0.4 is 11.2 Å². The number of benzene rings is 1. The molecule has 0 aliphatic carbocycles. The van der Waals surface area contributed by atoms with Gasteiger partial charge in [-0.3, -0.25) is 4.79 Å². The molecule has 0 radical (unpaired) electrons. The van der Waals surface area contributed by atoms with Gasteiger partial charge < -0.3 is 5.73 Å². The van der Waals surface area contributed by atoms with Crippen LogP contribution >= 0.6 is 11.8 Å². The van der Waals surface area contributed by atoms with E-state index in [1.165, 1.54) is 9.58 Å². The van der Waals surface area contributed by atoms with Gasteiger partial charge in [-0.05, 0) is 34.4 Å². The highest BCUT2D eigenvalue weighted by atomic mass is 32.2. The zero-order valence-corrected chi connectivity index (χ0v) is 11.5. The molecule has 0 atom stereocenters. The lowest BCUT2D eigenvalue weighted by molar-refractivity contribution is -0.121. The Balaban J connectivity index is 1.86. The molecule has 0 unspecified atom stereocenters. The van der Waals surface area contributed by atoms with Crippen molar-refractivity contribution in [1.29, 1.82) is 0 Å². The summed E-state index contributed by atoms with van der Waals surface area (Å²) in [7, 11) is 0. The van der Waals surface area contributed by atoms with Gasteiger partial charge in [-0.15, -0.1) is 11.8 Å². The molecule has 2 rings (SSSR count). The number of nitrogens with zero attached hydrogens (tertiary/aromatic N) is 5. The molecule has 1 amide bonds. The molecular formula is C11H13N7OS. The molecule has 0 aliphatic rings. The second-order valence-corrected chi connectivity index (χ2v) is 4.64. The van der Waals surface area contributed by atoms with Gasteiger partial charge in [0.25, 0.3) is 5.91 Å². The van der Waals surface area contributed by atoms with Crippen LogP contribution in [0.4, 0.5) is 5.95 Å². The summed E-state index contributed by atoms with van der Waals surface area (Å²) in [5.41, 5.74) is 8.71. The monoisotopic (exact) mass is 291 g/mol. The molecule has 0 saturated heterocycles. The maximum absolute atomic E-state index is 11.6. The van der Waals surface area contributed by atoms with Crippen LogP contribution in [0, 0.1) is 0 Å². The quantitative estimate of drug-likeness (QED) is 0.460. The van der Waals surface area contributed by atoms with Gasteiger partial charge in [0.15, 0.2) is 0 Å². The zero-order valence-electron chi connectivity index (χ0n) is 10.7. The number of nitrogen functional groups attached to an aromatic ring is 1. The normalized spacial score (nSPS) is 10.8. The van der Waals surface area contributed by atoms with Crippen molar-refractivity contribution in [2.45, 2.75) is 11.4 Å². The lowest BCUT2D eigenvalue weighted by atomic mass is 10.2. The lowest BCUT2D eigenvalue weighted by Crippen LogP contribution is -2.24. The summed E-state index contributed by atoms with van der Waals surface area (Å²) in [6.07, 6.45) is 3.57. The molecular weight excluding hydrogens is 278 g/mol. The largest absolute Gasteiger partial charge is 0.367 e. The number of amides is 1. The fraction of sp³-hybridized carbons (Fsp3) is 0.182. The number of carbonyl (C=O) groups is 1. The van der Waals surface area contributed by atoms with Crippen LogP contribution in [0.15, 0.2) is 34.3 Å². The van der Waals surface area contributed by atoms with Crippen molar-refractivity contribution in [2.75, 3.05) is 12.0 Å². The number of hydrogen-bond acceptors (Lipinski definition) is 7. The standard InChI is InChI=1S/C11H13N7OS/c1-20-9-4-2-8(3-5-9)6-13-14-10(19)7-18-11(12)15-16-17-18/h2-6H,7H2,1H3,(H,14,19)(H2,12,15,17). The van der Waals surface area contributed by atoms with E-state index in [0.717, 1.165) is 5.56 Å². The fourth-order valence-corrected chi connectivity index (χ4v) is 1.77. The first-order valence-corrected chi connectivity index (χ1v) is 6.89. The number of carbonyl (C=O) groups excluding carboxylic acids is 1. The molecule has 1 aromatic heterocycles. The number of hydrazone groups is 1. The molecule has 2 aromatic rings. The van der Waals surface area contributed by atoms with E-state index in [0.29, 0.717) is 0 Å². The van der Waals surface area contributed by atoms with E-state index in [1.54, 1.807) is 18.0 Å². The van der Waals surface area contributed by atoms with E-state index in [2.05, 4.69) is 26.1 Å². The Kier molecular flexibility index (Phi) is 4.66. The van der Waals surface area contributed by atoms with Gasteiger partial charge in [0.1, 0.15) is 6.54 Å². The Morgan fingerprint density at radius 1 is 1.50 bits per heavy atom. The van der Waals surface area contributed by atoms with Crippen LogP contribution in [0.3, 0.4) is 0 Å². The van der Waals surface area contributed by atoms with E-state index in [9.17, 15) is 4.79 Å². The molecule has 3 N–H and O–H groups in total. The van der Waals surface area contributed by atoms with Crippen molar-refractivity contribution >= 4 is 29.8 Å². The van der Waals surface area contributed by atoms with Gasteiger partial charge in [-0.1, -0.05) is 17.2 Å². The Bertz CT molecular complexity index is 607. The average Bonchev–Trinajstić information content (AvgIpc) is 2.85. The summed E-state index contributed by atoms with van der Waals surface area (Å²) in [6.45, 7) is -0.0818. The molecule has 1 aromatic carbocycles. The maximum atomic E-state index is 11.6. The third kappa shape index (κ3) is 3.79. The molecule has 1 heterocycles. The van der Waals surface area contributed by atoms with Gasteiger partial charge in [0.2, 0.25) is 5.95 Å². The molecule has 8 nitrogen and oxygen atoms in total. The predicted molar refractivity (Wildman–Crippen MR) is 76.2 cm³/mol. The van der Waals surface area contributed by atoms with Gasteiger partial charge in [-0.25, -0.2) is 10.1 Å². The zero-order chi connectivity index (χ0) is 14.4. The van der Waals surface area contributed by atoms with E-state index in [4.69, 9.17) is 5.73 Å². The maximum Gasteiger partial charge on any atom is 0.261 e. The second-order valence-electron chi connectivity index (χ2n) is 3.76. The van der Waals surface area contributed by atoms with Crippen molar-refractivity contribution in [3.63, 3.8) is 0 Å². The van der Waals surface area contributed by atoms with Gasteiger partial charge in [0, 0.05) is 4.90 Å². The summed E-state index contributed by atoms with van der Waals surface area (Å²) in [5, 5.41) is 14.2. The number of rotatable bonds is 5. The van der Waals surface area contributed by atoms with Gasteiger partial charge in [0.05, 0.1) is 6.21 Å². The number of thioether (sulfide) groups is 1. The molecule has 0 bridgehead atoms. The minimum atomic E-state index is -0.360. The minimum absolute atomic E-state index is 0.0804. The summed E-state index contributed by atoms with van der Waals surface area (Å²) in [6, 6.07) is 7.80. The van der Waals surface area contributed by atoms with Gasteiger partial charge in [-0.2, -0.15) is 5.10 Å². The summed E-state index contributed by atoms with van der Waals surface area (Å²) >= 11 is 1.66.